The molecule has 2 aromatic carbocycles. The van der Waals surface area contributed by atoms with Gasteiger partial charge in [-0.3, -0.25) is 9.59 Å². The number of nitrogens with one attached hydrogen (secondary N) is 2. The van der Waals surface area contributed by atoms with Crippen LogP contribution in [-0.2, 0) is 11.2 Å². The van der Waals surface area contributed by atoms with E-state index in [-0.39, 0.29) is 17.6 Å². The molecule has 1 saturated carbocycles. The third-order valence-corrected chi connectivity index (χ3v) is 7.27. The Bertz CT molecular complexity index is 1030. The largest absolute Gasteiger partial charge is 0.496 e. The zero-order valence-corrected chi connectivity index (χ0v) is 23.8. The van der Waals surface area contributed by atoms with Crippen LogP contribution in [0, 0.1) is 25.7 Å². The van der Waals surface area contributed by atoms with Crippen molar-refractivity contribution in [3.8, 4) is 11.5 Å². The summed E-state index contributed by atoms with van der Waals surface area (Å²) in [5, 5.41) is 6.05. The van der Waals surface area contributed by atoms with Crippen molar-refractivity contribution in [3.05, 3.63) is 52.6 Å². The highest BCUT2D eigenvalue weighted by molar-refractivity contribution is 5.96. The highest BCUT2D eigenvalue weighted by Gasteiger charge is 2.25. The number of anilines is 1. The van der Waals surface area contributed by atoms with Crippen molar-refractivity contribution in [2.24, 2.45) is 11.8 Å². The van der Waals surface area contributed by atoms with Gasteiger partial charge in [0.2, 0.25) is 5.91 Å². The maximum absolute atomic E-state index is 12.3. The molecule has 0 aliphatic heterocycles. The Hall–Kier alpha value is -2.86. The minimum Gasteiger partial charge on any atom is -0.496 e. The van der Waals surface area contributed by atoms with E-state index in [1.165, 1.54) is 19.3 Å². The van der Waals surface area contributed by atoms with E-state index in [4.69, 9.17) is 9.47 Å². The first-order chi connectivity index (χ1) is 17.7. The smallest absolute Gasteiger partial charge is 0.227 e. The molecule has 0 bridgehead atoms. The molecule has 0 unspecified atom stereocenters. The van der Waals surface area contributed by atoms with Crippen LogP contribution in [0.2, 0.25) is 0 Å². The van der Waals surface area contributed by atoms with Gasteiger partial charge >= 0.3 is 0 Å². The summed E-state index contributed by atoms with van der Waals surface area (Å²) in [6.45, 7) is 11.3. The molecule has 0 heterocycles. The Labute approximate surface area is 223 Å². The molecule has 0 radical (unpaired) electrons. The maximum Gasteiger partial charge on any atom is 0.227 e. The van der Waals surface area contributed by atoms with Crippen LogP contribution in [0.1, 0.15) is 79.9 Å². The Kier molecular flexibility index (Phi) is 12.6. The molecule has 2 aromatic rings. The van der Waals surface area contributed by atoms with Gasteiger partial charge in [-0.25, -0.2) is 0 Å². The second-order valence-electron chi connectivity index (χ2n) is 9.93. The molecule has 0 atom stereocenters. The number of hydrogen-bond donors (Lipinski definition) is 2. The van der Waals surface area contributed by atoms with Crippen LogP contribution in [0.25, 0.3) is 0 Å². The molecule has 0 saturated heterocycles. The van der Waals surface area contributed by atoms with Crippen molar-refractivity contribution < 1.29 is 19.1 Å². The van der Waals surface area contributed by atoms with Gasteiger partial charge in [0, 0.05) is 29.8 Å². The van der Waals surface area contributed by atoms with E-state index in [1.54, 1.807) is 14.0 Å². The number of aryl methyl sites for hydroxylation is 2. The average Bonchev–Trinajstić information content (AvgIpc) is 2.90. The predicted octanol–water partition coefficient (Wildman–Crippen LogP) is 6.52. The fraction of sp³-hybridized carbons (Fsp3) is 0.548. The van der Waals surface area contributed by atoms with Gasteiger partial charge in [-0.05, 0) is 101 Å². The van der Waals surface area contributed by atoms with Crippen molar-refractivity contribution >= 4 is 17.4 Å². The van der Waals surface area contributed by atoms with Crippen molar-refractivity contribution in [3.63, 3.8) is 0 Å². The molecule has 1 aliphatic carbocycles. The van der Waals surface area contributed by atoms with E-state index in [2.05, 4.69) is 24.5 Å². The molecule has 37 heavy (non-hydrogen) atoms. The second-order valence-corrected chi connectivity index (χ2v) is 9.93. The molecule has 0 spiro atoms. The Balaban J connectivity index is 0.000000264. The van der Waals surface area contributed by atoms with Crippen molar-refractivity contribution in [1.29, 1.82) is 0 Å². The van der Waals surface area contributed by atoms with Crippen LogP contribution in [0.15, 0.2) is 30.3 Å². The predicted molar refractivity (Wildman–Crippen MR) is 152 cm³/mol. The van der Waals surface area contributed by atoms with Crippen LogP contribution >= 0.6 is 0 Å². The lowest BCUT2D eigenvalue weighted by Crippen LogP contribution is -2.27. The van der Waals surface area contributed by atoms with Gasteiger partial charge in [-0.2, -0.15) is 0 Å². The standard InChI is InChI=1S/C17H25NO2.C14H21NO2/c1-4-13-6-8-14(9-7-13)17(19)18-15-10-5-12(2)16(11-15)20-3;1-5-13-10(2)8-12(17-7-6-15-4)9-14(13)11(3)16/h5,10-11,13-14H,4,6-9H2,1-3H3,(H,18,19);8-9,15H,5-7H2,1-4H3. The van der Waals surface area contributed by atoms with Crippen LogP contribution < -0.4 is 20.1 Å². The number of Topliss-reactive ketones (excluding diaryl/α,β-unsaturated/α-hetero) is 1. The molecule has 6 heteroatoms. The molecule has 3 rings (SSSR count). The highest BCUT2D eigenvalue weighted by Crippen LogP contribution is 2.32. The third-order valence-electron chi connectivity index (χ3n) is 7.27. The molecule has 1 amide bonds. The number of carbonyl (C=O) groups excluding carboxylic acids is 2. The molecule has 204 valence electrons. The molecule has 1 aliphatic rings. The first-order valence-corrected chi connectivity index (χ1v) is 13.6. The minimum atomic E-state index is 0.101. The molecule has 2 N–H and O–H groups in total. The minimum absolute atomic E-state index is 0.101. The van der Waals surface area contributed by atoms with Crippen LogP contribution in [0.3, 0.4) is 0 Å². The topological polar surface area (TPSA) is 76.7 Å². The number of ether oxygens (including phenoxy) is 2. The molecule has 6 nitrogen and oxygen atoms in total. The molecule has 1 fully saturated rings. The summed E-state index contributed by atoms with van der Waals surface area (Å²) >= 11 is 0. The fourth-order valence-electron chi connectivity index (χ4n) is 4.90. The number of ketones is 1. The zero-order valence-electron chi connectivity index (χ0n) is 23.8. The number of likely N-dealkylation sites (N-methyl/N-ethyl adjacent to an activating group) is 1. The van der Waals surface area contributed by atoms with E-state index in [0.717, 1.165) is 71.2 Å². The van der Waals surface area contributed by atoms with Crippen molar-refractivity contribution in [2.75, 3.05) is 32.6 Å². The third kappa shape index (κ3) is 9.19. The molecular formula is C31H46N2O4. The van der Waals surface area contributed by atoms with E-state index >= 15 is 0 Å². The monoisotopic (exact) mass is 510 g/mol. The quantitative estimate of drug-likeness (QED) is 0.281. The lowest BCUT2D eigenvalue weighted by Gasteiger charge is -2.27. The number of carbonyl (C=O) groups is 2. The van der Waals surface area contributed by atoms with Gasteiger partial charge in [-0.1, -0.05) is 26.3 Å². The Morgan fingerprint density at radius 1 is 1.00 bits per heavy atom. The van der Waals surface area contributed by atoms with Gasteiger partial charge < -0.3 is 20.1 Å². The summed E-state index contributed by atoms with van der Waals surface area (Å²) in [5.74, 6) is 2.84. The summed E-state index contributed by atoms with van der Waals surface area (Å²) in [6, 6.07) is 9.66. The first kappa shape index (κ1) is 30.4. The van der Waals surface area contributed by atoms with E-state index in [9.17, 15) is 9.59 Å². The van der Waals surface area contributed by atoms with Gasteiger partial charge in [0.1, 0.15) is 18.1 Å². The lowest BCUT2D eigenvalue weighted by molar-refractivity contribution is -0.121. The normalized spacial score (nSPS) is 16.8. The van der Waals surface area contributed by atoms with Crippen LogP contribution in [0.5, 0.6) is 11.5 Å². The molecule has 0 aromatic heterocycles. The van der Waals surface area contributed by atoms with Crippen molar-refractivity contribution in [1.82, 2.24) is 5.32 Å². The number of hydrogen-bond acceptors (Lipinski definition) is 5. The highest BCUT2D eigenvalue weighted by atomic mass is 16.5. The van der Waals surface area contributed by atoms with Crippen LogP contribution in [-0.4, -0.2) is 39.0 Å². The number of rotatable bonds is 10. The average molecular weight is 511 g/mol. The van der Waals surface area contributed by atoms with E-state index < -0.39 is 0 Å². The Morgan fingerprint density at radius 2 is 1.70 bits per heavy atom. The van der Waals surface area contributed by atoms with E-state index in [0.29, 0.717) is 6.61 Å². The summed E-state index contributed by atoms with van der Waals surface area (Å²) in [7, 11) is 3.54. The fourth-order valence-corrected chi connectivity index (χ4v) is 4.90. The summed E-state index contributed by atoms with van der Waals surface area (Å²) < 4.78 is 10.9. The van der Waals surface area contributed by atoms with E-state index in [1.807, 2.05) is 51.2 Å². The van der Waals surface area contributed by atoms with Gasteiger partial charge in [0.15, 0.2) is 5.78 Å². The van der Waals surface area contributed by atoms with Gasteiger partial charge in [-0.15, -0.1) is 0 Å². The lowest BCUT2D eigenvalue weighted by atomic mass is 9.80. The number of methoxy groups -OCH3 is 1. The second kappa shape index (κ2) is 15.4. The summed E-state index contributed by atoms with van der Waals surface area (Å²) in [6.07, 6.45) is 6.53. The van der Waals surface area contributed by atoms with Gasteiger partial charge in [0.05, 0.1) is 7.11 Å². The molecular weight excluding hydrogens is 464 g/mol. The first-order valence-electron chi connectivity index (χ1n) is 13.6. The van der Waals surface area contributed by atoms with Crippen LogP contribution in [0.4, 0.5) is 5.69 Å². The van der Waals surface area contributed by atoms with Gasteiger partial charge in [0.25, 0.3) is 0 Å². The number of benzene rings is 2. The number of amides is 1. The maximum atomic E-state index is 12.3. The summed E-state index contributed by atoms with van der Waals surface area (Å²) in [5.41, 5.74) is 4.94. The van der Waals surface area contributed by atoms with Crippen molar-refractivity contribution in [2.45, 2.75) is 73.1 Å². The Morgan fingerprint density at radius 3 is 2.27 bits per heavy atom. The zero-order chi connectivity index (χ0) is 27.4. The summed E-state index contributed by atoms with van der Waals surface area (Å²) in [4.78, 5) is 23.9. The SMILES string of the molecule is CCC1CCC(C(=O)Nc2ccc(C)c(OC)c2)CC1.CCc1c(C)cc(OCCNC)cc1C(C)=O.